The molecule has 1 atom stereocenters. The summed E-state index contributed by atoms with van der Waals surface area (Å²) in [5.74, 6) is 1.01. The molecule has 2 aliphatic heterocycles. The van der Waals surface area contributed by atoms with Crippen molar-refractivity contribution in [2.24, 2.45) is 16.3 Å². The highest BCUT2D eigenvalue weighted by molar-refractivity contribution is 6.06. The third-order valence-electron chi connectivity index (χ3n) is 7.96. The predicted molar refractivity (Wildman–Crippen MR) is 163 cm³/mol. The summed E-state index contributed by atoms with van der Waals surface area (Å²) in [6, 6.07) is 5.60. The molecule has 3 rings (SSSR count). The Labute approximate surface area is 247 Å². The number of carbonyl (C=O) groups is 1. The smallest absolute Gasteiger partial charge is 0.406 e. The van der Waals surface area contributed by atoms with Crippen molar-refractivity contribution in [3.05, 3.63) is 71.9 Å². The molecule has 10 heteroatoms. The Kier molecular flexibility index (Phi) is 10.9. The average Bonchev–Trinajstić information content (AvgIpc) is 3.26. The first-order valence-corrected chi connectivity index (χ1v) is 14.5. The fraction of sp³-hybridized carbons (Fsp3) is 0.500. The third kappa shape index (κ3) is 8.20. The molecule has 0 aliphatic carbocycles. The highest BCUT2D eigenvalue weighted by Crippen LogP contribution is 2.37. The second-order valence-corrected chi connectivity index (χ2v) is 11.2. The lowest BCUT2D eigenvalue weighted by molar-refractivity contribution is -0.274. The van der Waals surface area contributed by atoms with Crippen molar-refractivity contribution in [3.63, 3.8) is 0 Å². The van der Waals surface area contributed by atoms with Gasteiger partial charge in [0.25, 0.3) is 0 Å². The largest absolute Gasteiger partial charge is 0.573 e. The average molecular weight is 588 g/mol. The van der Waals surface area contributed by atoms with Gasteiger partial charge in [0.15, 0.2) is 0 Å². The number of amidine groups is 1. The molecule has 1 fully saturated rings. The lowest BCUT2D eigenvalue weighted by Gasteiger charge is -2.41. The van der Waals surface area contributed by atoms with Crippen LogP contribution in [0.2, 0.25) is 0 Å². The number of nitrogens with one attached hydrogen (secondary N) is 2. The van der Waals surface area contributed by atoms with Gasteiger partial charge in [0.05, 0.1) is 11.4 Å². The molecule has 2 aliphatic rings. The highest BCUT2D eigenvalue weighted by Gasteiger charge is 2.39. The molecule has 0 saturated carbocycles. The number of likely N-dealkylation sites (tertiary alicyclic amines) is 1. The first kappa shape index (κ1) is 32.8. The number of aliphatic imine (C=N–C) groups is 1. The van der Waals surface area contributed by atoms with E-state index in [2.05, 4.69) is 71.7 Å². The number of likely N-dealkylation sites (N-methyl/N-ethyl adjacent to an activating group) is 1. The zero-order valence-electron chi connectivity index (χ0n) is 25.6. The molecule has 7 nitrogen and oxygen atoms in total. The first-order valence-electron chi connectivity index (χ1n) is 14.5. The summed E-state index contributed by atoms with van der Waals surface area (Å²) in [6.07, 6.45) is 4.39. The molecule has 0 radical (unpaired) electrons. The van der Waals surface area contributed by atoms with Crippen molar-refractivity contribution in [1.29, 1.82) is 0 Å². The summed E-state index contributed by atoms with van der Waals surface area (Å²) in [7, 11) is 1.96. The number of allylic oxidation sites excluding steroid dienone is 2. The highest BCUT2D eigenvalue weighted by atomic mass is 19.4. The molecule has 1 saturated heterocycles. The summed E-state index contributed by atoms with van der Waals surface area (Å²) >= 11 is 0. The maximum atomic E-state index is 13.1. The summed E-state index contributed by atoms with van der Waals surface area (Å²) in [4.78, 5) is 22.0. The second-order valence-electron chi connectivity index (χ2n) is 11.2. The maximum Gasteiger partial charge on any atom is 0.573 e. The van der Waals surface area contributed by atoms with Gasteiger partial charge < -0.3 is 25.2 Å². The Morgan fingerprint density at radius 1 is 1.21 bits per heavy atom. The van der Waals surface area contributed by atoms with E-state index < -0.39 is 11.8 Å². The van der Waals surface area contributed by atoms with Crippen molar-refractivity contribution in [2.45, 2.75) is 66.7 Å². The Morgan fingerprint density at radius 3 is 2.40 bits per heavy atom. The fourth-order valence-corrected chi connectivity index (χ4v) is 5.06. The van der Waals surface area contributed by atoms with Gasteiger partial charge in [0.2, 0.25) is 5.91 Å². The quantitative estimate of drug-likeness (QED) is 0.287. The SMILES string of the molecule is C=C/N=C1\C(=C(/C)Nc2ccc(OC(F)(F)F)cc2)C=C(/C(=C\CC)N2CCC(C)(C(=O)NCC(C)CC)CC2)N1C. The monoisotopic (exact) mass is 587 g/mol. The Balaban J connectivity index is 1.82. The van der Waals surface area contributed by atoms with Gasteiger partial charge in [-0.25, -0.2) is 4.99 Å². The van der Waals surface area contributed by atoms with Gasteiger partial charge >= 0.3 is 6.36 Å². The molecule has 230 valence electrons. The van der Waals surface area contributed by atoms with Crippen LogP contribution in [0, 0.1) is 11.3 Å². The number of ether oxygens (including phenoxy) is 1. The molecule has 1 amide bonds. The van der Waals surface area contributed by atoms with E-state index >= 15 is 0 Å². The lowest BCUT2D eigenvalue weighted by Crippen LogP contribution is -2.48. The van der Waals surface area contributed by atoms with Crippen molar-refractivity contribution in [2.75, 3.05) is 32.0 Å². The molecular weight excluding hydrogens is 543 g/mol. The summed E-state index contributed by atoms with van der Waals surface area (Å²) in [5.41, 5.74) is 3.89. The van der Waals surface area contributed by atoms with Crippen LogP contribution in [0.4, 0.5) is 18.9 Å². The minimum atomic E-state index is -4.74. The molecule has 1 unspecified atom stereocenters. The molecule has 2 N–H and O–H groups in total. The van der Waals surface area contributed by atoms with Gasteiger partial charge in [-0.2, -0.15) is 0 Å². The number of nitrogens with zero attached hydrogens (tertiary/aromatic N) is 3. The van der Waals surface area contributed by atoms with E-state index in [0.29, 0.717) is 24.0 Å². The zero-order chi connectivity index (χ0) is 31.1. The van der Waals surface area contributed by atoms with Gasteiger partial charge in [-0.15, -0.1) is 13.2 Å². The van der Waals surface area contributed by atoms with Crippen LogP contribution >= 0.6 is 0 Å². The van der Waals surface area contributed by atoms with Crippen LogP contribution in [0.25, 0.3) is 0 Å². The van der Waals surface area contributed by atoms with E-state index in [1.54, 1.807) is 0 Å². The van der Waals surface area contributed by atoms with Crippen LogP contribution in [0.15, 0.2) is 76.9 Å². The molecule has 1 aromatic rings. The number of hydrogen-bond acceptors (Lipinski definition) is 5. The maximum absolute atomic E-state index is 13.1. The number of carbonyl (C=O) groups excluding carboxylic acids is 1. The van der Waals surface area contributed by atoms with Crippen LogP contribution in [0.1, 0.15) is 60.3 Å². The van der Waals surface area contributed by atoms with E-state index in [-0.39, 0.29) is 11.7 Å². The molecular formula is C32H44F3N5O2. The number of amides is 1. The number of halogens is 3. The van der Waals surface area contributed by atoms with E-state index in [1.165, 1.54) is 30.5 Å². The van der Waals surface area contributed by atoms with E-state index in [0.717, 1.165) is 61.4 Å². The van der Waals surface area contributed by atoms with Gasteiger partial charge in [-0.3, -0.25) is 4.79 Å². The third-order valence-corrected chi connectivity index (χ3v) is 7.96. The summed E-state index contributed by atoms with van der Waals surface area (Å²) < 4.78 is 41.6. The fourth-order valence-electron chi connectivity index (χ4n) is 5.06. The normalized spacial score (nSPS) is 20.3. The van der Waals surface area contributed by atoms with Crippen LogP contribution < -0.4 is 15.4 Å². The number of anilines is 1. The molecule has 1 aromatic carbocycles. The number of piperidine rings is 1. The standard InChI is InChI=1S/C32H44F3N5O2/c1-8-11-27(40-18-16-31(6,17-19-40)30(41)37-21-22(4)9-2)28-20-26(29(36-10-3)39(28)7)23(5)38-24-12-14-25(15-13-24)42-32(33,34)35/h10-15,20,22,38H,3,8-9,16-19,21H2,1-2,4-7H3,(H,37,41)/b26-23+,27-11+,36-29+. The van der Waals surface area contributed by atoms with Gasteiger partial charge in [-0.05, 0) is 62.4 Å². The molecule has 0 bridgehead atoms. The van der Waals surface area contributed by atoms with Crippen molar-refractivity contribution in [3.8, 4) is 5.75 Å². The Morgan fingerprint density at radius 2 is 1.86 bits per heavy atom. The Hall–Kier alpha value is -3.69. The van der Waals surface area contributed by atoms with Crippen molar-refractivity contribution < 1.29 is 22.7 Å². The van der Waals surface area contributed by atoms with Crippen molar-refractivity contribution in [1.82, 2.24) is 15.1 Å². The van der Waals surface area contributed by atoms with E-state index in [4.69, 9.17) is 0 Å². The van der Waals surface area contributed by atoms with E-state index in [1.807, 2.05) is 18.9 Å². The Bertz CT molecular complexity index is 1240. The van der Waals surface area contributed by atoms with Gasteiger partial charge in [-0.1, -0.05) is 46.8 Å². The van der Waals surface area contributed by atoms with Crippen LogP contribution in [0.5, 0.6) is 5.75 Å². The lowest BCUT2D eigenvalue weighted by atomic mass is 9.79. The number of benzene rings is 1. The summed E-state index contributed by atoms with van der Waals surface area (Å²) in [6.45, 7) is 16.3. The van der Waals surface area contributed by atoms with Crippen LogP contribution in [-0.4, -0.2) is 54.6 Å². The number of hydrogen-bond donors (Lipinski definition) is 2. The molecule has 0 spiro atoms. The first-order chi connectivity index (χ1) is 19.8. The van der Waals surface area contributed by atoms with Crippen LogP contribution in [-0.2, 0) is 4.79 Å². The zero-order valence-corrected chi connectivity index (χ0v) is 25.6. The minimum Gasteiger partial charge on any atom is -0.406 e. The van der Waals surface area contributed by atoms with Crippen LogP contribution in [0.3, 0.4) is 0 Å². The minimum absolute atomic E-state index is 0.131. The van der Waals surface area contributed by atoms with Crippen molar-refractivity contribution >= 4 is 17.4 Å². The molecule has 0 aromatic heterocycles. The summed E-state index contributed by atoms with van der Waals surface area (Å²) in [5, 5.41) is 6.44. The van der Waals surface area contributed by atoms with Gasteiger partial charge in [0, 0.05) is 55.3 Å². The van der Waals surface area contributed by atoms with Gasteiger partial charge in [0.1, 0.15) is 11.6 Å². The predicted octanol–water partition coefficient (Wildman–Crippen LogP) is 7.20. The number of alkyl halides is 3. The number of rotatable bonds is 11. The second kappa shape index (κ2) is 14.0. The molecule has 2 heterocycles. The molecule has 42 heavy (non-hydrogen) atoms. The topological polar surface area (TPSA) is 69.2 Å². The van der Waals surface area contributed by atoms with E-state index in [9.17, 15) is 18.0 Å².